The van der Waals surface area contributed by atoms with E-state index in [1.165, 1.54) is 11.3 Å². The third-order valence-corrected chi connectivity index (χ3v) is 6.59. The van der Waals surface area contributed by atoms with Crippen LogP contribution in [-0.4, -0.2) is 58.2 Å². The summed E-state index contributed by atoms with van der Waals surface area (Å²) in [5.41, 5.74) is 0.564. The summed E-state index contributed by atoms with van der Waals surface area (Å²) in [4.78, 5) is 46.3. The molecule has 2 saturated heterocycles. The van der Waals surface area contributed by atoms with E-state index in [4.69, 9.17) is 11.6 Å². The fourth-order valence-electron chi connectivity index (χ4n) is 4.15. The van der Waals surface area contributed by atoms with Crippen LogP contribution in [0.5, 0.6) is 0 Å². The number of nitrogens with one attached hydrogen (secondary N) is 1. The van der Waals surface area contributed by atoms with Gasteiger partial charge in [-0.1, -0.05) is 11.6 Å². The standard InChI is InChI=1S/C21H23ClN4O3S/c22-16-7-5-14(6-8-16)19(28)25-10-1-3-15(13-25)20(29)26-11-2-4-17(26)18(27)24-21-23-9-12-30-21/h5-9,12,15,17H,1-4,10-11,13H2,(H,23,24,27). The minimum Gasteiger partial charge on any atom is -0.338 e. The smallest absolute Gasteiger partial charge is 0.253 e. The summed E-state index contributed by atoms with van der Waals surface area (Å²) in [6, 6.07) is 6.31. The van der Waals surface area contributed by atoms with E-state index in [-0.39, 0.29) is 23.6 Å². The van der Waals surface area contributed by atoms with Gasteiger partial charge in [-0.05, 0) is 49.9 Å². The second-order valence-electron chi connectivity index (χ2n) is 7.61. The molecule has 0 saturated carbocycles. The topological polar surface area (TPSA) is 82.6 Å². The second kappa shape index (κ2) is 9.14. The molecule has 2 aliphatic heterocycles. The minimum atomic E-state index is -0.483. The van der Waals surface area contributed by atoms with Gasteiger partial charge in [0, 0.05) is 41.8 Å². The van der Waals surface area contributed by atoms with Crippen molar-refractivity contribution in [1.82, 2.24) is 14.8 Å². The van der Waals surface area contributed by atoms with Crippen molar-refractivity contribution in [3.8, 4) is 0 Å². The van der Waals surface area contributed by atoms with E-state index >= 15 is 0 Å². The molecule has 9 heteroatoms. The highest BCUT2D eigenvalue weighted by molar-refractivity contribution is 7.13. The maximum atomic E-state index is 13.2. The number of rotatable bonds is 4. The number of carbonyl (C=O) groups is 3. The first-order valence-corrected chi connectivity index (χ1v) is 11.3. The minimum absolute atomic E-state index is 0.0413. The molecular weight excluding hydrogens is 424 g/mol. The fourth-order valence-corrected chi connectivity index (χ4v) is 4.81. The lowest BCUT2D eigenvalue weighted by Gasteiger charge is -2.35. The Morgan fingerprint density at radius 3 is 2.60 bits per heavy atom. The summed E-state index contributed by atoms with van der Waals surface area (Å²) in [7, 11) is 0. The molecule has 0 radical (unpaired) electrons. The van der Waals surface area contributed by atoms with E-state index in [0.717, 1.165) is 19.3 Å². The number of amides is 3. The molecule has 1 N–H and O–H groups in total. The normalized spacial score (nSPS) is 21.5. The van der Waals surface area contributed by atoms with Gasteiger partial charge in [-0.3, -0.25) is 14.4 Å². The molecule has 30 heavy (non-hydrogen) atoms. The van der Waals surface area contributed by atoms with Crippen LogP contribution in [-0.2, 0) is 9.59 Å². The van der Waals surface area contributed by atoms with Gasteiger partial charge in [0.2, 0.25) is 11.8 Å². The zero-order valence-corrected chi connectivity index (χ0v) is 18.0. The van der Waals surface area contributed by atoms with Crippen molar-refractivity contribution in [3.63, 3.8) is 0 Å². The predicted octanol–water partition coefficient (Wildman–Crippen LogP) is 3.28. The van der Waals surface area contributed by atoms with E-state index in [0.29, 0.717) is 41.8 Å². The summed E-state index contributed by atoms with van der Waals surface area (Å²) in [5.74, 6) is -0.618. The number of halogens is 1. The van der Waals surface area contributed by atoms with Gasteiger partial charge in [0.25, 0.3) is 5.91 Å². The van der Waals surface area contributed by atoms with Crippen LogP contribution in [0.3, 0.4) is 0 Å². The maximum absolute atomic E-state index is 13.2. The third-order valence-electron chi connectivity index (χ3n) is 5.65. The van der Waals surface area contributed by atoms with Crippen molar-refractivity contribution >= 4 is 45.8 Å². The lowest BCUT2D eigenvalue weighted by molar-refractivity contribution is -0.141. The van der Waals surface area contributed by atoms with Crippen LogP contribution in [0.2, 0.25) is 5.02 Å². The van der Waals surface area contributed by atoms with Gasteiger partial charge in [-0.25, -0.2) is 4.98 Å². The fraction of sp³-hybridized carbons (Fsp3) is 0.429. The van der Waals surface area contributed by atoms with Gasteiger partial charge in [-0.15, -0.1) is 11.3 Å². The van der Waals surface area contributed by atoms with Crippen LogP contribution in [0.1, 0.15) is 36.0 Å². The summed E-state index contributed by atoms with van der Waals surface area (Å²) in [6.07, 6.45) is 4.55. The number of hydrogen-bond acceptors (Lipinski definition) is 5. The number of nitrogens with zero attached hydrogens (tertiary/aromatic N) is 3. The Morgan fingerprint density at radius 2 is 1.87 bits per heavy atom. The number of benzene rings is 1. The van der Waals surface area contributed by atoms with Crippen LogP contribution in [0.25, 0.3) is 0 Å². The van der Waals surface area contributed by atoms with E-state index in [1.807, 2.05) is 0 Å². The zero-order chi connectivity index (χ0) is 21.1. The quantitative estimate of drug-likeness (QED) is 0.781. The summed E-state index contributed by atoms with van der Waals surface area (Å²) >= 11 is 7.26. The van der Waals surface area contributed by atoms with Gasteiger partial charge < -0.3 is 15.1 Å². The first-order valence-electron chi connectivity index (χ1n) is 10.1. The number of thiazole rings is 1. The number of piperidine rings is 1. The van der Waals surface area contributed by atoms with Gasteiger partial charge in [0.1, 0.15) is 6.04 Å². The van der Waals surface area contributed by atoms with Crippen LogP contribution in [0.15, 0.2) is 35.8 Å². The van der Waals surface area contributed by atoms with Crippen LogP contribution in [0.4, 0.5) is 5.13 Å². The van der Waals surface area contributed by atoms with Crippen molar-refractivity contribution in [2.75, 3.05) is 25.0 Å². The predicted molar refractivity (Wildman–Crippen MR) is 116 cm³/mol. The zero-order valence-electron chi connectivity index (χ0n) is 16.4. The average Bonchev–Trinajstić information content (AvgIpc) is 3.45. The second-order valence-corrected chi connectivity index (χ2v) is 8.94. The number of aromatic nitrogens is 1. The molecule has 4 rings (SSSR count). The first kappa shape index (κ1) is 20.8. The molecule has 158 valence electrons. The Balaban J connectivity index is 1.41. The SMILES string of the molecule is O=C(Nc1nccs1)C1CCCN1C(=O)C1CCCN(C(=O)c2ccc(Cl)cc2)C1. The Hall–Kier alpha value is -2.45. The lowest BCUT2D eigenvalue weighted by Crippen LogP contribution is -2.50. The number of anilines is 1. The van der Waals surface area contributed by atoms with Gasteiger partial charge in [0.05, 0.1) is 5.92 Å². The Morgan fingerprint density at radius 1 is 1.10 bits per heavy atom. The molecule has 2 atom stereocenters. The van der Waals surface area contributed by atoms with Crippen molar-refractivity contribution in [2.24, 2.45) is 5.92 Å². The van der Waals surface area contributed by atoms with Gasteiger partial charge in [-0.2, -0.15) is 0 Å². The number of hydrogen-bond donors (Lipinski definition) is 1. The van der Waals surface area contributed by atoms with Crippen LogP contribution in [0, 0.1) is 5.92 Å². The Labute approximate surface area is 184 Å². The molecule has 1 aromatic carbocycles. The Bertz CT molecular complexity index is 919. The molecule has 2 unspecified atom stereocenters. The molecule has 3 heterocycles. The molecule has 0 aliphatic carbocycles. The highest BCUT2D eigenvalue weighted by atomic mass is 35.5. The highest BCUT2D eigenvalue weighted by Crippen LogP contribution is 2.26. The summed E-state index contributed by atoms with van der Waals surface area (Å²) in [6.45, 7) is 1.56. The van der Waals surface area contributed by atoms with E-state index < -0.39 is 6.04 Å². The van der Waals surface area contributed by atoms with Gasteiger partial charge >= 0.3 is 0 Å². The molecule has 2 aromatic rings. The molecule has 3 amide bonds. The molecule has 7 nitrogen and oxygen atoms in total. The van der Waals surface area contributed by atoms with E-state index in [9.17, 15) is 14.4 Å². The Kier molecular flexibility index (Phi) is 6.34. The number of likely N-dealkylation sites (tertiary alicyclic amines) is 2. The molecule has 2 aliphatic rings. The van der Waals surface area contributed by atoms with E-state index in [2.05, 4.69) is 10.3 Å². The summed E-state index contributed by atoms with van der Waals surface area (Å²) in [5, 5.41) is 5.71. The highest BCUT2D eigenvalue weighted by Gasteiger charge is 2.39. The molecule has 2 fully saturated rings. The molecule has 0 bridgehead atoms. The first-order chi connectivity index (χ1) is 14.5. The number of carbonyl (C=O) groups excluding carboxylic acids is 3. The lowest BCUT2D eigenvalue weighted by atomic mass is 9.95. The van der Waals surface area contributed by atoms with Crippen molar-refractivity contribution in [3.05, 3.63) is 46.4 Å². The van der Waals surface area contributed by atoms with Crippen LogP contribution < -0.4 is 5.32 Å². The van der Waals surface area contributed by atoms with Crippen molar-refractivity contribution in [2.45, 2.75) is 31.7 Å². The van der Waals surface area contributed by atoms with E-state index in [1.54, 1.807) is 45.6 Å². The third kappa shape index (κ3) is 4.49. The maximum Gasteiger partial charge on any atom is 0.253 e. The monoisotopic (exact) mass is 446 g/mol. The molecule has 0 spiro atoms. The molecular formula is C21H23ClN4O3S. The largest absolute Gasteiger partial charge is 0.338 e. The van der Waals surface area contributed by atoms with Crippen molar-refractivity contribution in [1.29, 1.82) is 0 Å². The molecule has 1 aromatic heterocycles. The van der Waals surface area contributed by atoms with Gasteiger partial charge in [0.15, 0.2) is 5.13 Å². The van der Waals surface area contributed by atoms with Crippen molar-refractivity contribution < 1.29 is 14.4 Å². The average molecular weight is 447 g/mol. The summed E-state index contributed by atoms with van der Waals surface area (Å²) < 4.78 is 0. The van der Waals surface area contributed by atoms with Crippen LogP contribution >= 0.6 is 22.9 Å².